The molecule has 0 aliphatic carbocycles. The summed E-state index contributed by atoms with van der Waals surface area (Å²) in [5, 5.41) is 8.84. The molecule has 9 heteroatoms. The molecule has 3 N–H and O–H groups in total. The average molecular weight is 605 g/mol. The van der Waals surface area contributed by atoms with Crippen LogP contribution in [0.4, 0.5) is 11.4 Å². The zero-order chi connectivity index (χ0) is 29.4. The van der Waals surface area contributed by atoms with Gasteiger partial charge >= 0.3 is 0 Å². The van der Waals surface area contributed by atoms with Crippen molar-refractivity contribution in [2.45, 2.75) is 24.0 Å². The van der Waals surface area contributed by atoms with Gasteiger partial charge in [-0.1, -0.05) is 65.7 Å². The molecule has 6 nitrogen and oxygen atoms in total. The Bertz CT molecular complexity index is 1590. The number of halogens is 2. The van der Waals surface area contributed by atoms with Crippen molar-refractivity contribution in [3.8, 4) is 0 Å². The van der Waals surface area contributed by atoms with Gasteiger partial charge in [0.15, 0.2) is 0 Å². The summed E-state index contributed by atoms with van der Waals surface area (Å²) in [5.41, 5.74) is 3.30. The summed E-state index contributed by atoms with van der Waals surface area (Å²) < 4.78 is 0. The Kier molecular flexibility index (Phi) is 10.2. The van der Waals surface area contributed by atoms with Crippen molar-refractivity contribution in [2.24, 2.45) is 0 Å². The number of hydrogen-bond donors (Lipinski definition) is 3. The highest BCUT2D eigenvalue weighted by Gasteiger charge is 2.18. The highest BCUT2D eigenvalue weighted by molar-refractivity contribution is 8.00. The van der Waals surface area contributed by atoms with Crippen LogP contribution in [0.5, 0.6) is 0 Å². The fourth-order valence-corrected chi connectivity index (χ4v) is 4.95. The summed E-state index contributed by atoms with van der Waals surface area (Å²) in [6.45, 7) is 3.72. The minimum absolute atomic E-state index is 0.108. The summed E-state index contributed by atoms with van der Waals surface area (Å²) >= 11 is 13.5. The molecule has 0 aliphatic rings. The average Bonchev–Trinajstić information content (AvgIpc) is 2.97. The second kappa shape index (κ2) is 14.0. The molecule has 1 atom stereocenters. The van der Waals surface area contributed by atoms with Crippen LogP contribution < -0.4 is 16.0 Å². The molecular formula is C32H27Cl2N3O3S. The maximum absolute atomic E-state index is 13.3. The Morgan fingerprint density at radius 2 is 1.51 bits per heavy atom. The van der Waals surface area contributed by atoms with Crippen LogP contribution in [0.1, 0.15) is 28.4 Å². The van der Waals surface area contributed by atoms with E-state index >= 15 is 0 Å². The SMILES string of the molecule is Cc1ccccc1/C=C(\NC(=O)c1ccccc1)C(=O)Nc1ccc(SC(C)C(=O)Nc2cc(Cl)ccc2Cl)cc1. The van der Waals surface area contributed by atoms with Crippen LogP contribution in [0.2, 0.25) is 10.0 Å². The van der Waals surface area contributed by atoms with Crippen molar-refractivity contribution in [3.63, 3.8) is 0 Å². The first kappa shape index (κ1) is 29.9. The number of nitrogens with one attached hydrogen (secondary N) is 3. The van der Waals surface area contributed by atoms with Crippen molar-refractivity contribution >= 4 is 70.1 Å². The lowest BCUT2D eigenvalue weighted by atomic mass is 10.1. The first-order valence-corrected chi connectivity index (χ1v) is 14.3. The molecule has 4 rings (SSSR count). The molecule has 0 saturated carbocycles. The van der Waals surface area contributed by atoms with Gasteiger partial charge in [-0.15, -0.1) is 11.8 Å². The first-order valence-electron chi connectivity index (χ1n) is 12.7. The van der Waals surface area contributed by atoms with E-state index in [0.717, 1.165) is 16.0 Å². The summed E-state index contributed by atoms with van der Waals surface area (Å²) in [4.78, 5) is 39.7. The van der Waals surface area contributed by atoms with Gasteiger partial charge in [-0.2, -0.15) is 0 Å². The van der Waals surface area contributed by atoms with Crippen molar-refractivity contribution in [2.75, 3.05) is 10.6 Å². The number of carbonyl (C=O) groups is 3. The number of amides is 3. The number of thioether (sulfide) groups is 1. The van der Waals surface area contributed by atoms with E-state index in [9.17, 15) is 14.4 Å². The molecule has 0 radical (unpaired) electrons. The monoisotopic (exact) mass is 603 g/mol. The van der Waals surface area contributed by atoms with E-state index in [1.54, 1.807) is 67.6 Å². The summed E-state index contributed by atoms with van der Waals surface area (Å²) in [6.07, 6.45) is 1.65. The minimum atomic E-state index is -0.468. The molecule has 4 aromatic rings. The third kappa shape index (κ3) is 8.47. The lowest BCUT2D eigenvalue weighted by molar-refractivity contribution is -0.115. The van der Waals surface area contributed by atoms with Crippen LogP contribution in [0.3, 0.4) is 0 Å². The lowest BCUT2D eigenvalue weighted by Crippen LogP contribution is -2.30. The molecule has 3 amide bonds. The molecule has 0 fully saturated rings. The van der Waals surface area contributed by atoms with Gasteiger partial charge in [-0.25, -0.2) is 0 Å². The number of benzene rings is 4. The van der Waals surface area contributed by atoms with Gasteiger partial charge in [0.2, 0.25) is 5.91 Å². The third-order valence-corrected chi connectivity index (χ3v) is 7.67. The van der Waals surface area contributed by atoms with E-state index in [0.29, 0.717) is 27.0 Å². The van der Waals surface area contributed by atoms with Crippen molar-refractivity contribution in [3.05, 3.63) is 129 Å². The highest BCUT2D eigenvalue weighted by Crippen LogP contribution is 2.29. The van der Waals surface area contributed by atoms with Crippen molar-refractivity contribution in [1.29, 1.82) is 0 Å². The quantitative estimate of drug-likeness (QED) is 0.134. The zero-order valence-corrected chi connectivity index (χ0v) is 24.6. The zero-order valence-electron chi connectivity index (χ0n) is 22.3. The fraction of sp³-hybridized carbons (Fsp3) is 0.0938. The van der Waals surface area contributed by atoms with Crippen LogP contribution in [-0.2, 0) is 9.59 Å². The van der Waals surface area contributed by atoms with Gasteiger partial charge in [0.05, 0.1) is 16.0 Å². The van der Waals surface area contributed by atoms with Gasteiger partial charge < -0.3 is 16.0 Å². The smallest absolute Gasteiger partial charge is 0.272 e. The van der Waals surface area contributed by atoms with Gasteiger partial charge in [-0.05, 0) is 85.6 Å². The Labute approximate surface area is 253 Å². The molecule has 0 spiro atoms. The maximum atomic E-state index is 13.3. The molecule has 0 aliphatic heterocycles. The maximum Gasteiger partial charge on any atom is 0.272 e. The highest BCUT2D eigenvalue weighted by atomic mass is 35.5. The molecule has 41 heavy (non-hydrogen) atoms. The number of anilines is 2. The number of carbonyl (C=O) groups excluding carboxylic acids is 3. The van der Waals surface area contributed by atoms with E-state index in [2.05, 4.69) is 16.0 Å². The fourth-order valence-electron chi connectivity index (χ4n) is 3.75. The molecule has 0 bridgehead atoms. The molecule has 0 saturated heterocycles. The van der Waals surface area contributed by atoms with E-state index in [-0.39, 0.29) is 11.6 Å². The van der Waals surface area contributed by atoms with Crippen LogP contribution >= 0.6 is 35.0 Å². The van der Waals surface area contributed by atoms with Crippen molar-refractivity contribution in [1.82, 2.24) is 5.32 Å². The number of rotatable bonds is 9. The number of hydrogen-bond acceptors (Lipinski definition) is 4. The third-order valence-electron chi connectivity index (χ3n) is 6.00. The predicted molar refractivity (Wildman–Crippen MR) is 169 cm³/mol. The summed E-state index contributed by atoms with van der Waals surface area (Å²) in [5.74, 6) is -1.08. The second-order valence-corrected chi connectivity index (χ2v) is 11.3. The Hall–Kier alpha value is -4.04. The normalized spacial score (nSPS) is 11.9. The topological polar surface area (TPSA) is 87.3 Å². The predicted octanol–water partition coefficient (Wildman–Crippen LogP) is 7.83. The molecule has 0 heterocycles. The van der Waals surface area contributed by atoms with E-state index in [1.165, 1.54) is 11.8 Å². The second-order valence-electron chi connectivity index (χ2n) is 9.09. The Morgan fingerprint density at radius 3 is 2.22 bits per heavy atom. The molecule has 4 aromatic carbocycles. The van der Waals surface area contributed by atoms with E-state index in [4.69, 9.17) is 23.2 Å². The Balaban J connectivity index is 1.44. The molecule has 1 unspecified atom stereocenters. The first-order chi connectivity index (χ1) is 19.7. The molecule has 208 valence electrons. The summed E-state index contributed by atoms with van der Waals surface area (Å²) in [6, 6.07) is 28.3. The van der Waals surface area contributed by atoms with Gasteiger partial charge in [0.1, 0.15) is 5.70 Å². The van der Waals surface area contributed by atoms with E-state index in [1.807, 2.05) is 49.4 Å². The lowest BCUT2D eigenvalue weighted by Gasteiger charge is -2.14. The van der Waals surface area contributed by atoms with E-state index < -0.39 is 17.1 Å². The van der Waals surface area contributed by atoms with Gasteiger partial charge in [0.25, 0.3) is 11.8 Å². The molecular weight excluding hydrogens is 577 g/mol. The Morgan fingerprint density at radius 1 is 0.829 bits per heavy atom. The van der Waals surface area contributed by atoms with Gasteiger partial charge in [-0.3, -0.25) is 14.4 Å². The molecule has 0 aromatic heterocycles. The van der Waals surface area contributed by atoms with Crippen LogP contribution in [0.25, 0.3) is 6.08 Å². The standard InChI is InChI=1S/C32H27Cl2N3O3S/c1-20-8-6-7-11-23(20)18-29(37-31(39)22-9-4-3-5-10-22)32(40)35-25-13-15-26(16-14-25)41-21(2)30(38)36-28-19-24(33)12-17-27(28)34/h3-19,21H,1-2H3,(H,35,40)(H,36,38)(H,37,39)/b29-18-. The van der Waals surface area contributed by atoms with Crippen LogP contribution in [0, 0.1) is 6.92 Å². The number of aryl methyl sites for hydroxylation is 1. The minimum Gasteiger partial charge on any atom is -0.324 e. The van der Waals surface area contributed by atoms with Crippen molar-refractivity contribution < 1.29 is 14.4 Å². The van der Waals surface area contributed by atoms with Crippen LogP contribution in [0.15, 0.2) is 108 Å². The van der Waals surface area contributed by atoms with Gasteiger partial charge in [0, 0.05) is 21.2 Å². The summed E-state index contributed by atoms with van der Waals surface area (Å²) in [7, 11) is 0. The largest absolute Gasteiger partial charge is 0.324 e. The van der Waals surface area contributed by atoms with Crippen LogP contribution in [-0.4, -0.2) is 23.0 Å².